The maximum Gasteiger partial charge on any atom is 0.339 e. The number of aliphatic hydroxyl groups excluding tert-OH is 1. The molecule has 0 saturated carbocycles. The van der Waals surface area contributed by atoms with E-state index in [-0.39, 0.29) is 17.9 Å². The molecule has 1 aromatic heterocycles. The van der Waals surface area contributed by atoms with E-state index in [0.717, 1.165) is 43.8 Å². The van der Waals surface area contributed by atoms with E-state index in [1.807, 2.05) is 12.1 Å². The zero-order valence-corrected chi connectivity index (χ0v) is 17.8. The molecule has 1 fully saturated rings. The predicted molar refractivity (Wildman–Crippen MR) is 119 cm³/mol. The summed E-state index contributed by atoms with van der Waals surface area (Å²) in [5.41, 5.74) is 0.858. The first-order chi connectivity index (χ1) is 15.0. The largest absolute Gasteiger partial charge is 0.507 e. The van der Waals surface area contributed by atoms with Crippen LogP contribution in [-0.4, -0.2) is 65.4 Å². The molecule has 3 aromatic rings. The summed E-state index contributed by atoms with van der Waals surface area (Å²) in [5, 5.41) is 21.4. The van der Waals surface area contributed by atoms with Crippen molar-refractivity contribution in [3.05, 3.63) is 69.5 Å². The van der Waals surface area contributed by atoms with Crippen molar-refractivity contribution in [3.8, 4) is 11.5 Å². The van der Waals surface area contributed by atoms with Crippen molar-refractivity contribution in [2.45, 2.75) is 12.6 Å². The van der Waals surface area contributed by atoms with Gasteiger partial charge in [0.15, 0.2) is 0 Å². The normalized spacial score (nSPS) is 16.5. The Bertz CT molecular complexity index is 1080. The van der Waals surface area contributed by atoms with Crippen molar-refractivity contribution >= 4 is 22.6 Å². The van der Waals surface area contributed by atoms with Gasteiger partial charge in [-0.1, -0.05) is 23.7 Å². The minimum absolute atomic E-state index is 0.125. The molecule has 1 saturated heterocycles. The van der Waals surface area contributed by atoms with Crippen LogP contribution < -0.4 is 10.4 Å². The van der Waals surface area contributed by atoms with Crippen LogP contribution in [0.3, 0.4) is 0 Å². The molecule has 8 heteroatoms. The minimum Gasteiger partial charge on any atom is -0.507 e. The zero-order chi connectivity index (χ0) is 21.8. The number of nitrogens with zero attached hydrogens (tertiary/aromatic N) is 2. The fourth-order valence-corrected chi connectivity index (χ4v) is 3.86. The fourth-order valence-electron chi connectivity index (χ4n) is 3.74. The van der Waals surface area contributed by atoms with Gasteiger partial charge in [0.05, 0.1) is 11.5 Å². The molecule has 1 atom stereocenters. The number of piperazine rings is 1. The Morgan fingerprint density at radius 1 is 1.03 bits per heavy atom. The Kier molecular flexibility index (Phi) is 6.77. The summed E-state index contributed by atoms with van der Waals surface area (Å²) in [5.74, 6) is 0.334. The van der Waals surface area contributed by atoms with Crippen LogP contribution in [0.25, 0.3) is 11.0 Å². The molecule has 1 unspecified atom stereocenters. The summed E-state index contributed by atoms with van der Waals surface area (Å²) in [6, 6.07) is 13.8. The van der Waals surface area contributed by atoms with E-state index in [0.29, 0.717) is 17.7 Å². The highest BCUT2D eigenvalue weighted by atomic mass is 35.5. The lowest BCUT2D eigenvalue weighted by molar-refractivity contribution is 0.0446. The number of hydrogen-bond donors (Lipinski definition) is 2. The van der Waals surface area contributed by atoms with E-state index in [2.05, 4.69) is 21.9 Å². The Balaban J connectivity index is 1.23. The van der Waals surface area contributed by atoms with E-state index in [9.17, 15) is 15.0 Å². The van der Waals surface area contributed by atoms with Gasteiger partial charge >= 0.3 is 5.63 Å². The van der Waals surface area contributed by atoms with Crippen molar-refractivity contribution in [2.75, 3.05) is 39.3 Å². The van der Waals surface area contributed by atoms with Crippen molar-refractivity contribution < 1.29 is 19.4 Å². The number of benzene rings is 2. The molecule has 0 radical (unpaired) electrons. The summed E-state index contributed by atoms with van der Waals surface area (Å²) in [6.45, 7) is 5.17. The molecule has 2 aromatic carbocycles. The molecule has 164 valence electrons. The molecule has 7 nitrogen and oxygen atoms in total. The molecular weight excluding hydrogens is 420 g/mol. The molecule has 0 amide bonds. The van der Waals surface area contributed by atoms with Gasteiger partial charge in [0.2, 0.25) is 0 Å². The van der Waals surface area contributed by atoms with Gasteiger partial charge < -0.3 is 19.4 Å². The first-order valence-electron chi connectivity index (χ1n) is 10.2. The van der Waals surface area contributed by atoms with Crippen LogP contribution in [0.2, 0.25) is 5.02 Å². The van der Waals surface area contributed by atoms with Crippen molar-refractivity contribution in [3.63, 3.8) is 0 Å². The molecule has 1 aliphatic rings. The zero-order valence-electron chi connectivity index (χ0n) is 17.0. The number of aromatic hydroxyl groups is 1. The van der Waals surface area contributed by atoms with Gasteiger partial charge in [-0.3, -0.25) is 9.80 Å². The third-order valence-electron chi connectivity index (χ3n) is 5.39. The fraction of sp³-hybridized carbons (Fsp3) is 0.348. The molecule has 4 rings (SSSR count). The Hall–Kier alpha value is -2.58. The molecular formula is C23H25ClN2O5. The van der Waals surface area contributed by atoms with Gasteiger partial charge in [-0.15, -0.1) is 0 Å². The average molecular weight is 445 g/mol. The van der Waals surface area contributed by atoms with E-state index in [1.54, 1.807) is 18.2 Å². The lowest BCUT2D eigenvalue weighted by Gasteiger charge is -2.35. The van der Waals surface area contributed by atoms with Gasteiger partial charge in [0.25, 0.3) is 0 Å². The second-order valence-corrected chi connectivity index (χ2v) is 8.21. The van der Waals surface area contributed by atoms with Crippen LogP contribution in [0.15, 0.2) is 57.7 Å². The third kappa shape index (κ3) is 5.77. The number of fused-ring (bicyclic) bond motifs is 1. The predicted octanol–water partition coefficient (Wildman–Crippen LogP) is 2.71. The number of aliphatic hydroxyl groups is 1. The number of hydrogen-bond acceptors (Lipinski definition) is 7. The number of rotatable bonds is 7. The Morgan fingerprint density at radius 3 is 2.48 bits per heavy atom. The molecule has 31 heavy (non-hydrogen) atoms. The molecule has 2 heterocycles. The van der Waals surface area contributed by atoms with Crippen LogP contribution in [0.5, 0.6) is 11.5 Å². The third-order valence-corrected chi connectivity index (χ3v) is 5.64. The van der Waals surface area contributed by atoms with Crippen molar-refractivity contribution in [2.24, 2.45) is 0 Å². The lowest BCUT2D eigenvalue weighted by Crippen LogP contribution is -2.48. The van der Waals surface area contributed by atoms with E-state index < -0.39 is 11.7 Å². The smallest absolute Gasteiger partial charge is 0.339 e. The van der Waals surface area contributed by atoms with Gasteiger partial charge in [-0.2, -0.15) is 0 Å². The molecule has 0 bridgehead atoms. The maximum atomic E-state index is 11.4. The molecule has 0 spiro atoms. The summed E-state index contributed by atoms with van der Waals surface area (Å²) < 4.78 is 10.8. The second-order valence-electron chi connectivity index (χ2n) is 7.78. The first kappa shape index (κ1) is 21.6. The second kappa shape index (κ2) is 9.70. The SMILES string of the molecule is O=c1cc(O)c2ccc(OCC(O)CN3CCN(Cc4ccc(Cl)cc4)CC3)cc2o1. The molecule has 1 aliphatic heterocycles. The van der Waals surface area contributed by atoms with Crippen LogP contribution >= 0.6 is 11.6 Å². The van der Waals surface area contributed by atoms with Crippen LogP contribution in [0, 0.1) is 0 Å². The quantitative estimate of drug-likeness (QED) is 0.542. The van der Waals surface area contributed by atoms with Gasteiger partial charge in [-0.25, -0.2) is 4.79 Å². The van der Waals surface area contributed by atoms with Crippen molar-refractivity contribution in [1.29, 1.82) is 0 Å². The van der Waals surface area contributed by atoms with Crippen LogP contribution in [0.1, 0.15) is 5.56 Å². The summed E-state index contributed by atoms with van der Waals surface area (Å²) >= 11 is 5.94. The van der Waals surface area contributed by atoms with Crippen LogP contribution in [0.4, 0.5) is 0 Å². The van der Waals surface area contributed by atoms with E-state index in [1.165, 1.54) is 5.56 Å². The molecule has 2 N–H and O–H groups in total. The summed E-state index contributed by atoms with van der Waals surface area (Å²) in [6.07, 6.45) is -0.644. The summed E-state index contributed by atoms with van der Waals surface area (Å²) in [4.78, 5) is 16.0. The van der Waals surface area contributed by atoms with Gasteiger partial charge in [0, 0.05) is 50.4 Å². The van der Waals surface area contributed by atoms with Gasteiger partial charge in [0.1, 0.15) is 29.8 Å². The minimum atomic E-state index is -0.644. The lowest BCUT2D eigenvalue weighted by atomic mass is 10.2. The monoisotopic (exact) mass is 444 g/mol. The number of halogens is 1. The summed E-state index contributed by atoms with van der Waals surface area (Å²) in [7, 11) is 0. The van der Waals surface area contributed by atoms with Gasteiger partial charge in [-0.05, 0) is 29.8 Å². The number of ether oxygens (including phenoxy) is 1. The Morgan fingerprint density at radius 2 is 1.74 bits per heavy atom. The Labute approximate surface area is 185 Å². The average Bonchev–Trinajstić information content (AvgIpc) is 2.75. The highest BCUT2D eigenvalue weighted by molar-refractivity contribution is 6.30. The standard InChI is InChI=1S/C23H25ClN2O5/c24-17-3-1-16(2-4-17)13-25-7-9-26(10-8-25)14-18(27)15-30-19-5-6-20-21(28)12-23(29)31-22(20)11-19/h1-6,11-12,18,27-28H,7-10,13-15H2. The number of β-amino-alcohol motifs (C(OH)–C–C–N with tert-alkyl or cyclic N) is 1. The highest BCUT2D eigenvalue weighted by Crippen LogP contribution is 2.26. The highest BCUT2D eigenvalue weighted by Gasteiger charge is 2.20. The van der Waals surface area contributed by atoms with E-state index in [4.69, 9.17) is 20.8 Å². The van der Waals surface area contributed by atoms with E-state index >= 15 is 0 Å². The maximum absolute atomic E-state index is 11.4. The van der Waals surface area contributed by atoms with Crippen molar-refractivity contribution in [1.82, 2.24) is 9.80 Å². The first-order valence-corrected chi connectivity index (χ1v) is 10.6. The topological polar surface area (TPSA) is 86.4 Å². The molecule has 0 aliphatic carbocycles. The van der Waals surface area contributed by atoms with Crippen LogP contribution in [-0.2, 0) is 6.54 Å².